The molecule has 5 rings (SSSR count). The molecule has 37 heavy (non-hydrogen) atoms. The van der Waals surface area contributed by atoms with Crippen molar-refractivity contribution in [3.8, 4) is 5.69 Å². The standard InChI is InChI=1S/C29H29N5O2S/c1-18-16-24(19(2)33(18)23-9-7-8-20(17-23)28(35)36)27-26(25-10-5-6-15-30-25)31-29(37)34(27)22-13-11-21(12-14-22)32(3)4/h5-17,26-27H,1-4H3,(H,31,37)(H,35,36). The van der Waals surface area contributed by atoms with Crippen LogP contribution in [0.25, 0.3) is 5.69 Å². The van der Waals surface area contributed by atoms with Crippen LogP contribution in [0.1, 0.15) is 45.1 Å². The van der Waals surface area contributed by atoms with Crippen LogP contribution in [0.2, 0.25) is 0 Å². The second-order valence-electron chi connectivity index (χ2n) is 9.42. The highest BCUT2D eigenvalue weighted by molar-refractivity contribution is 7.80. The molecule has 0 aliphatic carbocycles. The Hall–Kier alpha value is -4.17. The van der Waals surface area contributed by atoms with E-state index in [0.717, 1.165) is 39.7 Å². The van der Waals surface area contributed by atoms with Gasteiger partial charge in [0.1, 0.15) is 0 Å². The number of carboxylic acid groups (broad SMARTS) is 1. The van der Waals surface area contributed by atoms with Gasteiger partial charge in [-0.15, -0.1) is 0 Å². The van der Waals surface area contributed by atoms with Gasteiger partial charge in [0.05, 0.1) is 23.3 Å². The number of carbonyl (C=O) groups is 1. The van der Waals surface area contributed by atoms with Crippen LogP contribution in [0.4, 0.5) is 11.4 Å². The Morgan fingerprint density at radius 1 is 1.00 bits per heavy atom. The van der Waals surface area contributed by atoms with Crippen LogP contribution in [0, 0.1) is 13.8 Å². The molecule has 7 nitrogen and oxygen atoms in total. The molecule has 3 heterocycles. The number of benzene rings is 2. The molecule has 2 N–H and O–H groups in total. The van der Waals surface area contributed by atoms with Crippen molar-refractivity contribution >= 4 is 34.7 Å². The number of aromatic carboxylic acids is 1. The first-order valence-electron chi connectivity index (χ1n) is 12.1. The minimum Gasteiger partial charge on any atom is -0.478 e. The van der Waals surface area contributed by atoms with Gasteiger partial charge in [0.2, 0.25) is 0 Å². The van der Waals surface area contributed by atoms with Gasteiger partial charge in [-0.2, -0.15) is 0 Å². The zero-order valence-electron chi connectivity index (χ0n) is 21.2. The second-order valence-corrected chi connectivity index (χ2v) is 9.81. The summed E-state index contributed by atoms with van der Waals surface area (Å²) in [5, 5.41) is 13.7. The summed E-state index contributed by atoms with van der Waals surface area (Å²) in [5.74, 6) is -0.947. The summed E-state index contributed by atoms with van der Waals surface area (Å²) in [4.78, 5) is 20.5. The van der Waals surface area contributed by atoms with E-state index in [9.17, 15) is 9.90 Å². The lowest BCUT2D eigenvalue weighted by molar-refractivity contribution is 0.0697. The third-order valence-electron chi connectivity index (χ3n) is 6.88. The summed E-state index contributed by atoms with van der Waals surface area (Å²) >= 11 is 5.89. The lowest BCUT2D eigenvalue weighted by Gasteiger charge is -2.28. The van der Waals surface area contributed by atoms with Crippen molar-refractivity contribution < 1.29 is 9.90 Å². The van der Waals surface area contributed by atoms with Gasteiger partial charge in [-0.25, -0.2) is 4.79 Å². The van der Waals surface area contributed by atoms with Crippen molar-refractivity contribution in [3.05, 3.63) is 107 Å². The highest BCUT2D eigenvalue weighted by Gasteiger charge is 2.42. The molecule has 1 fully saturated rings. The van der Waals surface area contributed by atoms with Crippen LogP contribution < -0.4 is 15.1 Å². The van der Waals surface area contributed by atoms with Crippen molar-refractivity contribution in [1.82, 2.24) is 14.9 Å². The number of carboxylic acids is 1. The molecule has 188 valence electrons. The predicted molar refractivity (Wildman–Crippen MR) is 151 cm³/mol. The fraction of sp³-hybridized carbons (Fsp3) is 0.207. The molecule has 0 bridgehead atoms. The van der Waals surface area contributed by atoms with Gasteiger partial charge in [-0.05, 0) is 92.3 Å². The summed E-state index contributed by atoms with van der Waals surface area (Å²) in [7, 11) is 4.04. The Labute approximate surface area is 222 Å². The Balaban J connectivity index is 1.65. The molecule has 0 spiro atoms. The topological polar surface area (TPSA) is 73.6 Å². The third-order valence-corrected chi connectivity index (χ3v) is 7.20. The summed E-state index contributed by atoms with van der Waals surface area (Å²) < 4.78 is 2.10. The highest BCUT2D eigenvalue weighted by atomic mass is 32.1. The van der Waals surface area contributed by atoms with Gasteiger partial charge in [0.25, 0.3) is 0 Å². The number of aromatic nitrogens is 2. The van der Waals surface area contributed by atoms with Gasteiger partial charge in [-0.3, -0.25) is 4.98 Å². The molecule has 0 saturated carbocycles. The van der Waals surface area contributed by atoms with Gasteiger partial charge < -0.3 is 24.8 Å². The Bertz CT molecular complexity index is 1460. The molecule has 2 atom stereocenters. The molecular formula is C29H29N5O2S. The van der Waals surface area contributed by atoms with E-state index < -0.39 is 5.97 Å². The maximum absolute atomic E-state index is 11.6. The van der Waals surface area contributed by atoms with Crippen molar-refractivity contribution in [2.45, 2.75) is 25.9 Å². The number of nitrogens with zero attached hydrogens (tertiary/aromatic N) is 4. The van der Waals surface area contributed by atoms with Gasteiger partial charge in [0.15, 0.2) is 5.11 Å². The summed E-state index contributed by atoms with van der Waals surface area (Å²) in [6.07, 6.45) is 1.80. The van der Waals surface area contributed by atoms with Crippen LogP contribution >= 0.6 is 12.2 Å². The molecule has 2 aromatic carbocycles. The largest absolute Gasteiger partial charge is 0.478 e. The molecule has 8 heteroatoms. The molecule has 1 aliphatic rings. The predicted octanol–water partition coefficient (Wildman–Crippen LogP) is 5.43. The number of pyridine rings is 1. The van der Waals surface area contributed by atoms with Crippen LogP contribution in [-0.4, -0.2) is 39.8 Å². The maximum atomic E-state index is 11.6. The summed E-state index contributed by atoms with van der Waals surface area (Å²) in [5.41, 5.74) is 7.19. The number of aryl methyl sites for hydroxylation is 1. The zero-order chi connectivity index (χ0) is 26.3. The zero-order valence-corrected chi connectivity index (χ0v) is 22.0. The van der Waals surface area contributed by atoms with Crippen molar-refractivity contribution in [2.75, 3.05) is 23.9 Å². The van der Waals surface area contributed by atoms with E-state index in [1.54, 1.807) is 24.4 Å². The lowest BCUT2D eigenvalue weighted by Crippen LogP contribution is -2.29. The fourth-order valence-corrected chi connectivity index (χ4v) is 5.47. The van der Waals surface area contributed by atoms with Crippen LogP contribution in [-0.2, 0) is 0 Å². The third kappa shape index (κ3) is 4.44. The summed E-state index contributed by atoms with van der Waals surface area (Å²) in [6.45, 7) is 4.11. The van der Waals surface area contributed by atoms with Gasteiger partial charge >= 0.3 is 5.97 Å². The van der Waals surface area contributed by atoms with E-state index in [-0.39, 0.29) is 17.6 Å². The maximum Gasteiger partial charge on any atom is 0.335 e. The number of hydrogen-bond acceptors (Lipinski definition) is 4. The fourth-order valence-electron chi connectivity index (χ4n) is 5.12. The second kappa shape index (κ2) is 9.71. The number of anilines is 2. The van der Waals surface area contributed by atoms with Gasteiger partial charge in [-0.1, -0.05) is 12.1 Å². The first-order chi connectivity index (χ1) is 17.8. The van der Waals surface area contributed by atoms with Crippen molar-refractivity contribution in [1.29, 1.82) is 0 Å². The van der Waals surface area contributed by atoms with Crippen LogP contribution in [0.15, 0.2) is 79.0 Å². The van der Waals surface area contributed by atoms with E-state index in [1.807, 2.05) is 45.3 Å². The van der Waals surface area contributed by atoms with Crippen LogP contribution in [0.5, 0.6) is 0 Å². The minimum atomic E-state index is -0.947. The Morgan fingerprint density at radius 3 is 2.41 bits per heavy atom. The molecular weight excluding hydrogens is 482 g/mol. The molecule has 0 radical (unpaired) electrons. The van der Waals surface area contributed by atoms with E-state index in [1.165, 1.54) is 0 Å². The average molecular weight is 512 g/mol. The molecule has 1 saturated heterocycles. The number of rotatable bonds is 6. The molecule has 2 aromatic heterocycles. The van der Waals surface area contributed by atoms with E-state index >= 15 is 0 Å². The average Bonchev–Trinajstić information content (AvgIpc) is 3.39. The smallest absolute Gasteiger partial charge is 0.335 e. The van der Waals surface area contributed by atoms with Crippen molar-refractivity contribution in [3.63, 3.8) is 0 Å². The first-order valence-corrected chi connectivity index (χ1v) is 12.5. The first kappa shape index (κ1) is 24.5. The van der Waals surface area contributed by atoms with Gasteiger partial charge in [0, 0.05) is 48.7 Å². The molecule has 0 amide bonds. The Morgan fingerprint density at radius 2 is 1.76 bits per heavy atom. The number of thiocarbonyl (C=S) groups is 1. The molecule has 4 aromatic rings. The summed E-state index contributed by atoms with van der Waals surface area (Å²) in [6, 6.07) is 23.1. The molecule has 1 aliphatic heterocycles. The van der Waals surface area contributed by atoms with E-state index in [4.69, 9.17) is 12.2 Å². The van der Waals surface area contributed by atoms with Crippen LogP contribution in [0.3, 0.4) is 0 Å². The number of nitrogens with one attached hydrogen (secondary N) is 1. The van der Waals surface area contributed by atoms with E-state index in [0.29, 0.717) is 5.11 Å². The van der Waals surface area contributed by atoms with E-state index in [2.05, 4.69) is 61.9 Å². The quantitative estimate of drug-likeness (QED) is 0.334. The lowest BCUT2D eigenvalue weighted by atomic mass is 9.96. The minimum absolute atomic E-state index is 0.157. The number of hydrogen-bond donors (Lipinski definition) is 2. The highest BCUT2D eigenvalue weighted by Crippen LogP contribution is 2.44. The molecule has 2 unspecified atom stereocenters. The monoisotopic (exact) mass is 511 g/mol. The Kier molecular flexibility index (Phi) is 6.43. The van der Waals surface area contributed by atoms with Crippen molar-refractivity contribution in [2.24, 2.45) is 0 Å². The normalized spacial score (nSPS) is 17.1. The SMILES string of the molecule is Cc1cc(C2C(c3ccccn3)NC(=S)N2c2ccc(N(C)C)cc2)c(C)n1-c1cccc(C(=O)O)c1.